The van der Waals surface area contributed by atoms with Crippen molar-refractivity contribution in [3.8, 4) is 0 Å². The number of ether oxygens (including phenoxy) is 1. The number of nitrogens with one attached hydrogen (secondary N) is 2. The Labute approximate surface area is 166 Å². The van der Waals surface area contributed by atoms with Crippen molar-refractivity contribution in [2.45, 2.75) is 6.92 Å². The number of amides is 2. The van der Waals surface area contributed by atoms with Crippen molar-refractivity contribution >= 4 is 52.5 Å². The fraction of sp³-hybridized carbons (Fsp3) is 0.211. The van der Waals surface area contributed by atoms with Crippen LogP contribution in [0.3, 0.4) is 0 Å². The molecule has 0 bridgehead atoms. The van der Waals surface area contributed by atoms with Crippen molar-refractivity contribution in [1.29, 1.82) is 0 Å². The van der Waals surface area contributed by atoms with E-state index >= 15 is 0 Å². The predicted molar refractivity (Wildman–Crippen MR) is 108 cm³/mol. The van der Waals surface area contributed by atoms with Crippen LogP contribution in [0.2, 0.25) is 5.02 Å². The molecule has 8 heteroatoms. The summed E-state index contributed by atoms with van der Waals surface area (Å²) in [6, 6.07) is 13.3. The number of carbonyl (C=O) groups is 3. The maximum Gasteiger partial charge on any atom is 0.338 e. The van der Waals surface area contributed by atoms with E-state index in [4.69, 9.17) is 16.3 Å². The monoisotopic (exact) mass is 406 g/mol. The van der Waals surface area contributed by atoms with Gasteiger partial charge >= 0.3 is 5.97 Å². The highest BCUT2D eigenvalue weighted by Crippen LogP contribution is 2.15. The summed E-state index contributed by atoms with van der Waals surface area (Å²) in [6.07, 6.45) is 0. The predicted octanol–water partition coefficient (Wildman–Crippen LogP) is 3.83. The van der Waals surface area contributed by atoms with Crippen LogP contribution in [0, 0.1) is 0 Å². The van der Waals surface area contributed by atoms with Gasteiger partial charge in [-0.3, -0.25) is 9.59 Å². The smallest absolute Gasteiger partial charge is 0.338 e. The van der Waals surface area contributed by atoms with Crippen molar-refractivity contribution < 1.29 is 19.1 Å². The number of hydrogen-bond acceptors (Lipinski definition) is 5. The first kappa shape index (κ1) is 20.8. The summed E-state index contributed by atoms with van der Waals surface area (Å²) in [6.45, 7) is 2.01. The number of hydrogen-bond donors (Lipinski definition) is 2. The molecule has 0 saturated carbocycles. The summed E-state index contributed by atoms with van der Waals surface area (Å²) in [5.74, 6) is -0.669. The Morgan fingerprint density at radius 3 is 2.22 bits per heavy atom. The SMILES string of the molecule is CCOC(=O)c1cccc(NC(=O)CSCC(=O)Nc2ccc(Cl)cc2)c1. The Balaban J connectivity index is 1.76. The van der Waals surface area contributed by atoms with E-state index in [9.17, 15) is 14.4 Å². The molecule has 0 radical (unpaired) electrons. The van der Waals surface area contributed by atoms with Crippen molar-refractivity contribution in [2.75, 3.05) is 28.7 Å². The molecule has 0 unspecified atom stereocenters. The van der Waals surface area contributed by atoms with Crippen molar-refractivity contribution in [3.05, 3.63) is 59.1 Å². The molecule has 27 heavy (non-hydrogen) atoms. The van der Waals surface area contributed by atoms with Crippen LogP contribution in [0.25, 0.3) is 0 Å². The van der Waals surface area contributed by atoms with E-state index in [-0.39, 0.29) is 29.9 Å². The molecule has 0 saturated heterocycles. The fourth-order valence-electron chi connectivity index (χ4n) is 2.10. The van der Waals surface area contributed by atoms with Crippen molar-refractivity contribution in [3.63, 3.8) is 0 Å². The van der Waals surface area contributed by atoms with Crippen LogP contribution in [0.4, 0.5) is 11.4 Å². The molecular weight excluding hydrogens is 388 g/mol. The third-order valence-electron chi connectivity index (χ3n) is 3.25. The molecule has 2 rings (SSSR count). The number of benzene rings is 2. The molecule has 0 spiro atoms. The van der Waals surface area contributed by atoms with E-state index < -0.39 is 5.97 Å². The van der Waals surface area contributed by atoms with E-state index in [1.807, 2.05) is 0 Å². The minimum Gasteiger partial charge on any atom is -0.462 e. The number of carbonyl (C=O) groups excluding carboxylic acids is 3. The lowest BCUT2D eigenvalue weighted by atomic mass is 10.2. The van der Waals surface area contributed by atoms with Crippen molar-refractivity contribution in [2.24, 2.45) is 0 Å². The molecule has 0 aliphatic heterocycles. The van der Waals surface area contributed by atoms with Gasteiger partial charge < -0.3 is 15.4 Å². The van der Waals surface area contributed by atoms with Crippen LogP contribution in [0.1, 0.15) is 17.3 Å². The van der Waals surface area contributed by atoms with Crippen LogP contribution in [-0.4, -0.2) is 35.9 Å². The standard InChI is InChI=1S/C19H19ClN2O4S/c1-2-26-19(25)13-4-3-5-16(10-13)22-18(24)12-27-11-17(23)21-15-8-6-14(20)7-9-15/h3-10H,2,11-12H2,1H3,(H,21,23)(H,22,24). The summed E-state index contributed by atoms with van der Waals surface area (Å²) in [5, 5.41) is 6.01. The Kier molecular flexibility index (Phi) is 8.16. The Morgan fingerprint density at radius 2 is 1.59 bits per heavy atom. The first-order chi connectivity index (χ1) is 13.0. The first-order valence-electron chi connectivity index (χ1n) is 8.18. The molecule has 0 aliphatic carbocycles. The molecule has 142 valence electrons. The van der Waals surface area contributed by atoms with E-state index in [1.165, 1.54) is 11.8 Å². The molecule has 0 aromatic heterocycles. The largest absolute Gasteiger partial charge is 0.462 e. The number of rotatable bonds is 8. The molecule has 2 amide bonds. The molecule has 0 fully saturated rings. The first-order valence-corrected chi connectivity index (χ1v) is 9.71. The summed E-state index contributed by atoms with van der Waals surface area (Å²) in [5.41, 5.74) is 1.51. The highest BCUT2D eigenvalue weighted by molar-refractivity contribution is 8.00. The van der Waals surface area contributed by atoms with E-state index in [1.54, 1.807) is 55.5 Å². The summed E-state index contributed by atoms with van der Waals surface area (Å²) < 4.78 is 4.93. The van der Waals surface area contributed by atoms with Gasteiger partial charge in [-0.1, -0.05) is 17.7 Å². The van der Waals surface area contributed by atoms with Gasteiger partial charge in [-0.15, -0.1) is 11.8 Å². The van der Waals surface area contributed by atoms with Gasteiger partial charge in [-0.05, 0) is 49.4 Å². The lowest BCUT2D eigenvalue weighted by Crippen LogP contribution is -2.18. The fourth-order valence-corrected chi connectivity index (χ4v) is 2.85. The molecule has 6 nitrogen and oxygen atoms in total. The second-order valence-electron chi connectivity index (χ2n) is 5.40. The molecule has 2 N–H and O–H groups in total. The lowest BCUT2D eigenvalue weighted by Gasteiger charge is -2.08. The van der Waals surface area contributed by atoms with E-state index in [0.717, 1.165) is 0 Å². The van der Waals surface area contributed by atoms with Crippen LogP contribution in [0.15, 0.2) is 48.5 Å². The van der Waals surface area contributed by atoms with E-state index in [2.05, 4.69) is 10.6 Å². The summed E-state index contributed by atoms with van der Waals surface area (Å²) in [4.78, 5) is 35.6. The zero-order chi connectivity index (χ0) is 19.6. The molecule has 0 atom stereocenters. The lowest BCUT2D eigenvalue weighted by molar-refractivity contribution is -0.114. The van der Waals surface area contributed by atoms with Gasteiger partial charge in [-0.25, -0.2) is 4.79 Å². The zero-order valence-electron chi connectivity index (χ0n) is 14.7. The third-order valence-corrected chi connectivity index (χ3v) is 4.44. The molecular formula is C19H19ClN2O4S. The third kappa shape index (κ3) is 7.32. The minimum absolute atomic E-state index is 0.109. The Morgan fingerprint density at radius 1 is 0.963 bits per heavy atom. The number of anilines is 2. The summed E-state index contributed by atoms with van der Waals surface area (Å²) >= 11 is 6.98. The summed E-state index contributed by atoms with van der Waals surface area (Å²) in [7, 11) is 0. The van der Waals surface area contributed by atoms with Crippen LogP contribution >= 0.6 is 23.4 Å². The molecule has 2 aromatic carbocycles. The van der Waals surface area contributed by atoms with Crippen LogP contribution in [-0.2, 0) is 14.3 Å². The average molecular weight is 407 g/mol. The maximum absolute atomic E-state index is 12.0. The quantitative estimate of drug-likeness (QED) is 0.651. The van der Waals surface area contributed by atoms with Gasteiger partial charge in [0.2, 0.25) is 11.8 Å². The average Bonchev–Trinajstić information content (AvgIpc) is 2.64. The zero-order valence-corrected chi connectivity index (χ0v) is 16.2. The van der Waals surface area contributed by atoms with Gasteiger partial charge in [0.1, 0.15) is 0 Å². The Bertz CT molecular complexity index is 812. The van der Waals surface area contributed by atoms with Crippen molar-refractivity contribution in [1.82, 2.24) is 0 Å². The number of thioether (sulfide) groups is 1. The number of esters is 1. The highest BCUT2D eigenvalue weighted by Gasteiger charge is 2.10. The molecule has 0 heterocycles. The molecule has 0 aliphatic rings. The second kappa shape index (κ2) is 10.6. The normalized spacial score (nSPS) is 10.1. The van der Waals surface area contributed by atoms with Gasteiger partial charge in [0.05, 0.1) is 23.7 Å². The Hall–Kier alpha value is -2.51. The topological polar surface area (TPSA) is 84.5 Å². The van der Waals surface area contributed by atoms with Gasteiger partial charge in [0.15, 0.2) is 0 Å². The van der Waals surface area contributed by atoms with E-state index in [0.29, 0.717) is 22.0 Å². The number of halogens is 1. The van der Waals surface area contributed by atoms with Gasteiger partial charge in [0, 0.05) is 16.4 Å². The second-order valence-corrected chi connectivity index (χ2v) is 6.82. The van der Waals surface area contributed by atoms with Crippen LogP contribution in [0.5, 0.6) is 0 Å². The van der Waals surface area contributed by atoms with Gasteiger partial charge in [-0.2, -0.15) is 0 Å². The molecule has 2 aromatic rings. The minimum atomic E-state index is -0.443. The van der Waals surface area contributed by atoms with Crippen LogP contribution < -0.4 is 10.6 Å². The highest BCUT2D eigenvalue weighted by atomic mass is 35.5. The van der Waals surface area contributed by atoms with Gasteiger partial charge in [0.25, 0.3) is 0 Å². The maximum atomic E-state index is 12.0.